The van der Waals surface area contributed by atoms with Crippen molar-refractivity contribution in [3.05, 3.63) is 30.3 Å². The molecule has 1 saturated carbocycles. The van der Waals surface area contributed by atoms with Gasteiger partial charge in [0.1, 0.15) is 6.04 Å². The maximum atomic E-state index is 13.0. The van der Waals surface area contributed by atoms with E-state index in [1.807, 2.05) is 0 Å². The molecule has 0 bridgehead atoms. The van der Waals surface area contributed by atoms with Crippen LogP contribution in [-0.4, -0.2) is 80.4 Å². The fraction of sp³-hybridized carbons (Fsp3) is 0.591. The molecular weight excluding hydrogens is 448 g/mol. The molecule has 33 heavy (non-hydrogen) atoms. The molecule has 3 N–H and O–H groups in total. The SMILES string of the molecule is CN(C)C(=O)C1(OS(=O)(=O)c2ccccc2)CCC(NCC(=O)N2CCC[C@H]2C#N)CC1.O. The lowest BCUT2D eigenvalue weighted by Crippen LogP contribution is -2.54. The van der Waals surface area contributed by atoms with Crippen molar-refractivity contribution >= 4 is 21.9 Å². The molecule has 1 saturated heterocycles. The summed E-state index contributed by atoms with van der Waals surface area (Å²) in [7, 11) is -0.966. The highest BCUT2D eigenvalue weighted by molar-refractivity contribution is 7.86. The summed E-state index contributed by atoms with van der Waals surface area (Å²) < 4.78 is 31.3. The Morgan fingerprint density at radius 2 is 1.85 bits per heavy atom. The van der Waals surface area contributed by atoms with E-state index in [1.165, 1.54) is 17.0 Å². The molecule has 0 aromatic heterocycles. The monoisotopic (exact) mass is 480 g/mol. The minimum atomic E-state index is -4.12. The zero-order valence-corrected chi connectivity index (χ0v) is 19.8. The largest absolute Gasteiger partial charge is 0.412 e. The van der Waals surface area contributed by atoms with Gasteiger partial charge in [-0.2, -0.15) is 13.7 Å². The predicted molar refractivity (Wildman–Crippen MR) is 120 cm³/mol. The van der Waals surface area contributed by atoms with Crippen molar-refractivity contribution in [3.8, 4) is 6.07 Å². The van der Waals surface area contributed by atoms with Gasteiger partial charge in [0.2, 0.25) is 5.91 Å². The minimum Gasteiger partial charge on any atom is -0.412 e. The predicted octanol–water partition coefficient (Wildman–Crippen LogP) is 0.441. The molecule has 2 amide bonds. The number of carbonyl (C=O) groups is 2. The van der Waals surface area contributed by atoms with Crippen LogP contribution in [0.25, 0.3) is 0 Å². The third-order valence-corrected chi connectivity index (χ3v) is 7.54. The third kappa shape index (κ3) is 6.09. The van der Waals surface area contributed by atoms with Crippen LogP contribution in [-0.2, 0) is 23.9 Å². The normalized spacial score (nSPS) is 25.1. The molecule has 1 aromatic rings. The Hall–Kier alpha value is -2.52. The Balaban J connectivity index is 0.00000385. The molecule has 10 nitrogen and oxygen atoms in total. The first-order chi connectivity index (χ1) is 15.2. The third-order valence-electron chi connectivity index (χ3n) is 6.15. The summed E-state index contributed by atoms with van der Waals surface area (Å²) >= 11 is 0. The van der Waals surface area contributed by atoms with Gasteiger partial charge in [0, 0.05) is 26.7 Å². The Morgan fingerprint density at radius 3 is 2.42 bits per heavy atom. The number of nitrogens with zero attached hydrogens (tertiary/aromatic N) is 3. The number of nitrogens with one attached hydrogen (secondary N) is 1. The number of carbonyl (C=O) groups excluding carboxylic acids is 2. The van der Waals surface area contributed by atoms with Gasteiger partial charge >= 0.3 is 0 Å². The summed E-state index contributed by atoms with van der Waals surface area (Å²) in [5, 5.41) is 12.4. The van der Waals surface area contributed by atoms with E-state index in [0.717, 1.165) is 6.42 Å². The van der Waals surface area contributed by atoms with Crippen LogP contribution in [0.4, 0.5) is 0 Å². The molecule has 182 valence electrons. The maximum absolute atomic E-state index is 13.0. The van der Waals surface area contributed by atoms with Gasteiger partial charge in [-0.15, -0.1) is 0 Å². The van der Waals surface area contributed by atoms with Crippen LogP contribution in [0.2, 0.25) is 0 Å². The van der Waals surface area contributed by atoms with Crippen molar-refractivity contribution in [2.45, 2.75) is 61.1 Å². The summed E-state index contributed by atoms with van der Waals surface area (Å²) in [5.41, 5.74) is -1.47. The second-order valence-corrected chi connectivity index (χ2v) is 10.1. The van der Waals surface area contributed by atoms with E-state index in [0.29, 0.717) is 25.8 Å². The highest BCUT2D eigenvalue weighted by Crippen LogP contribution is 2.36. The molecule has 11 heteroatoms. The first-order valence-corrected chi connectivity index (χ1v) is 12.2. The zero-order valence-electron chi connectivity index (χ0n) is 19.0. The van der Waals surface area contributed by atoms with Crippen molar-refractivity contribution in [3.63, 3.8) is 0 Å². The summed E-state index contributed by atoms with van der Waals surface area (Å²) in [6.07, 6.45) is 2.93. The fourth-order valence-corrected chi connectivity index (χ4v) is 5.65. The standard InChI is InChI=1S/C22H30N4O5S.H2O/c1-25(2)21(28)22(31-32(29,30)19-8-4-3-5-9-19)12-10-17(11-13-22)24-16-20(27)26-14-6-7-18(26)15-23;/h3-5,8-9,17-18,24H,6-7,10-14,16H2,1-2H3;1H2/t17?,18-,22?;/m0./s1. The average molecular weight is 481 g/mol. The Labute approximate surface area is 194 Å². The maximum Gasteiger partial charge on any atom is 0.298 e. The zero-order chi connectivity index (χ0) is 23.4. The number of amides is 2. The number of likely N-dealkylation sites (tertiary alicyclic amines) is 1. The molecule has 0 radical (unpaired) electrons. The van der Waals surface area contributed by atoms with Crippen LogP contribution in [0.5, 0.6) is 0 Å². The number of hydrogen-bond acceptors (Lipinski definition) is 7. The van der Waals surface area contributed by atoms with Crippen LogP contribution in [0.1, 0.15) is 38.5 Å². The van der Waals surface area contributed by atoms with Crippen molar-refractivity contribution in [1.29, 1.82) is 5.26 Å². The molecule has 2 fully saturated rings. The van der Waals surface area contributed by atoms with E-state index < -0.39 is 15.7 Å². The molecule has 1 aromatic carbocycles. The lowest BCUT2D eigenvalue weighted by Gasteiger charge is -2.39. The van der Waals surface area contributed by atoms with Crippen molar-refractivity contribution in [1.82, 2.24) is 15.1 Å². The Morgan fingerprint density at radius 1 is 1.21 bits per heavy atom. The second kappa shape index (κ2) is 11.1. The average Bonchev–Trinajstić information content (AvgIpc) is 3.27. The number of benzene rings is 1. The van der Waals surface area contributed by atoms with Crippen LogP contribution in [0.3, 0.4) is 0 Å². The van der Waals surface area contributed by atoms with Crippen molar-refractivity contribution in [2.24, 2.45) is 0 Å². The van der Waals surface area contributed by atoms with Gasteiger partial charge in [-0.1, -0.05) is 18.2 Å². The van der Waals surface area contributed by atoms with Crippen LogP contribution in [0.15, 0.2) is 35.2 Å². The quantitative estimate of drug-likeness (QED) is 0.556. The van der Waals surface area contributed by atoms with Crippen molar-refractivity contribution in [2.75, 3.05) is 27.2 Å². The first kappa shape index (κ1) is 26.7. The lowest BCUT2D eigenvalue weighted by atomic mass is 9.81. The summed E-state index contributed by atoms with van der Waals surface area (Å²) in [6.45, 7) is 0.704. The van der Waals surface area contributed by atoms with Gasteiger partial charge in [0.05, 0.1) is 17.5 Å². The van der Waals surface area contributed by atoms with Crippen molar-refractivity contribution < 1.29 is 27.7 Å². The number of likely N-dealkylation sites (N-methyl/N-ethyl adjacent to an activating group) is 1. The van der Waals surface area contributed by atoms with Gasteiger partial charge in [-0.3, -0.25) is 9.59 Å². The lowest BCUT2D eigenvalue weighted by molar-refractivity contribution is -0.148. The van der Waals surface area contributed by atoms with Gasteiger partial charge in [-0.05, 0) is 50.7 Å². The molecule has 3 rings (SSSR count). The van der Waals surface area contributed by atoms with Gasteiger partial charge < -0.3 is 20.6 Å². The smallest absolute Gasteiger partial charge is 0.298 e. The van der Waals surface area contributed by atoms with E-state index in [1.54, 1.807) is 37.2 Å². The number of rotatable bonds is 7. The van der Waals surface area contributed by atoms with E-state index in [4.69, 9.17) is 9.44 Å². The highest BCUT2D eigenvalue weighted by Gasteiger charge is 2.47. The van der Waals surface area contributed by atoms with Gasteiger partial charge in [0.25, 0.3) is 16.0 Å². The number of hydrogen-bond donors (Lipinski definition) is 1. The van der Waals surface area contributed by atoms with E-state index in [-0.39, 0.29) is 53.7 Å². The molecule has 0 unspecified atom stereocenters. The second-order valence-electron chi connectivity index (χ2n) is 8.57. The Kier molecular flexibility index (Phi) is 8.97. The van der Waals surface area contributed by atoms with Crippen LogP contribution in [0, 0.1) is 11.3 Å². The topological polar surface area (TPSA) is 151 Å². The minimum absolute atomic E-state index is 0. The molecule has 0 spiro atoms. The highest BCUT2D eigenvalue weighted by atomic mass is 32.2. The Bertz CT molecular complexity index is 968. The first-order valence-electron chi connectivity index (χ1n) is 10.8. The van der Waals surface area contributed by atoms with E-state index in [9.17, 15) is 18.0 Å². The number of nitriles is 1. The molecule has 1 atom stereocenters. The molecule has 2 aliphatic rings. The van der Waals surface area contributed by atoms with Gasteiger partial charge in [-0.25, -0.2) is 4.18 Å². The van der Waals surface area contributed by atoms with Gasteiger partial charge in [0.15, 0.2) is 5.60 Å². The van der Waals surface area contributed by atoms with E-state index >= 15 is 0 Å². The molecule has 1 aliphatic heterocycles. The molecular formula is C22H32N4O6S. The summed E-state index contributed by atoms with van der Waals surface area (Å²) in [4.78, 5) is 28.4. The molecule has 1 aliphatic carbocycles. The summed E-state index contributed by atoms with van der Waals surface area (Å²) in [5.74, 6) is -0.501. The molecule has 1 heterocycles. The summed E-state index contributed by atoms with van der Waals surface area (Å²) in [6, 6.07) is 9.54. The van der Waals surface area contributed by atoms with E-state index in [2.05, 4.69) is 11.4 Å². The van der Waals surface area contributed by atoms with Crippen LogP contribution < -0.4 is 5.32 Å². The fourth-order valence-electron chi connectivity index (χ4n) is 4.41. The van der Waals surface area contributed by atoms with Crippen LogP contribution >= 0.6 is 0 Å².